The molecule has 1 N–H and O–H groups in total. The minimum Gasteiger partial charge on any atom is -0.308 e. The largest absolute Gasteiger partial charge is 0.416 e. The number of fused-ring (bicyclic) bond motifs is 1. The number of rotatable bonds is 7. The van der Waals surface area contributed by atoms with Crippen molar-refractivity contribution in [3.63, 3.8) is 0 Å². The topological polar surface area (TPSA) is 79.6 Å². The van der Waals surface area contributed by atoms with Crippen molar-refractivity contribution in [3.8, 4) is 23.1 Å². The highest BCUT2D eigenvalue weighted by Gasteiger charge is 2.30. The van der Waals surface area contributed by atoms with Gasteiger partial charge in [-0.05, 0) is 38.4 Å². The molecular weight excluding hydrogens is 579 g/mol. The van der Waals surface area contributed by atoms with Gasteiger partial charge in [-0.25, -0.2) is 40.2 Å². The maximum absolute atomic E-state index is 14.5. The van der Waals surface area contributed by atoms with Crippen LogP contribution in [0, 0.1) is 23.5 Å². The summed E-state index contributed by atoms with van der Waals surface area (Å²) >= 11 is 0. The van der Waals surface area contributed by atoms with Gasteiger partial charge in [0.2, 0.25) is 10.0 Å². The van der Waals surface area contributed by atoms with Crippen LogP contribution in [0.5, 0.6) is 0 Å². The van der Waals surface area contributed by atoms with Crippen LogP contribution in [0.2, 0.25) is 0 Å². The quantitative estimate of drug-likeness (QED) is 0.242. The minimum atomic E-state index is -4.60. The van der Waals surface area contributed by atoms with E-state index in [1.807, 2.05) is 0 Å². The molecule has 0 spiro atoms. The highest BCUT2D eigenvalue weighted by atomic mass is 32.2. The van der Waals surface area contributed by atoms with Crippen LogP contribution >= 0.6 is 0 Å². The van der Waals surface area contributed by atoms with Crippen molar-refractivity contribution in [1.82, 2.24) is 24.2 Å². The number of nitrogens with zero attached hydrogens (tertiary/aromatic N) is 4. The normalized spacial score (nSPS) is 12.3. The van der Waals surface area contributed by atoms with Gasteiger partial charge in [0.25, 0.3) is 6.43 Å². The van der Waals surface area contributed by atoms with Gasteiger partial charge in [0, 0.05) is 24.7 Å². The Morgan fingerprint density at radius 1 is 1.00 bits per heavy atom. The van der Waals surface area contributed by atoms with Gasteiger partial charge < -0.3 is 4.90 Å². The number of nitrogens with one attached hydrogen (secondary N) is 1. The van der Waals surface area contributed by atoms with Crippen molar-refractivity contribution >= 4 is 15.7 Å². The number of benzene rings is 2. The molecule has 7 nitrogen and oxygen atoms in total. The fourth-order valence-electron chi connectivity index (χ4n) is 3.65. The second kappa shape index (κ2) is 11.5. The third-order valence-corrected chi connectivity index (χ3v) is 7.20. The molecule has 4 rings (SSSR count). The molecular formula is C26H20F7N5O2S. The monoisotopic (exact) mass is 599 g/mol. The van der Waals surface area contributed by atoms with Crippen LogP contribution in [0.15, 0.2) is 53.6 Å². The number of alkyl halides is 5. The van der Waals surface area contributed by atoms with E-state index in [-0.39, 0.29) is 29.0 Å². The number of sulfonamides is 1. The zero-order chi connectivity index (χ0) is 30.1. The molecule has 0 saturated heterocycles. The molecule has 0 unspecified atom stereocenters. The molecule has 41 heavy (non-hydrogen) atoms. The summed E-state index contributed by atoms with van der Waals surface area (Å²) in [5, 5.41) is 3.83. The summed E-state index contributed by atoms with van der Waals surface area (Å²) in [6.07, 6.45) is -6.61. The van der Waals surface area contributed by atoms with Crippen LogP contribution in [0.3, 0.4) is 0 Å². The van der Waals surface area contributed by atoms with Gasteiger partial charge >= 0.3 is 6.18 Å². The maximum atomic E-state index is 14.5. The van der Waals surface area contributed by atoms with Gasteiger partial charge in [-0.2, -0.15) is 18.3 Å². The summed E-state index contributed by atoms with van der Waals surface area (Å²) in [5.41, 5.74) is -2.39. The molecule has 216 valence electrons. The Morgan fingerprint density at radius 2 is 1.66 bits per heavy atom. The molecule has 0 radical (unpaired) electrons. The summed E-state index contributed by atoms with van der Waals surface area (Å²) in [5.74, 6) is 2.32. The van der Waals surface area contributed by atoms with Gasteiger partial charge in [-0.15, -0.1) is 0 Å². The van der Waals surface area contributed by atoms with Gasteiger partial charge in [-0.1, -0.05) is 24.0 Å². The number of likely N-dealkylation sites (N-methyl/N-ethyl adjacent to an activating group) is 1. The molecule has 0 bridgehead atoms. The van der Waals surface area contributed by atoms with Crippen molar-refractivity contribution < 1.29 is 39.2 Å². The second-order valence-corrected chi connectivity index (χ2v) is 10.7. The average molecular weight is 600 g/mol. The first kappa shape index (κ1) is 30.0. The number of halogens is 7. The Labute approximate surface area is 229 Å². The molecule has 2 aromatic carbocycles. The van der Waals surface area contributed by atoms with E-state index in [0.29, 0.717) is 18.7 Å². The van der Waals surface area contributed by atoms with Gasteiger partial charge in [-0.3, -0.25) is 0 Å². The van der Waals surface area contributed by atoms with Gasteiger partial charge in [0.05, 0.1) is 28.6 Å². The number of hydrogen-bond donors (Lipinski definition) is 1. The summed E-state index contributed by atoms with van der Waals surface area (Å²) in [4.78, 5) is 5.06. The lowest BCUT2D eigenvalue weighted by Crippen LogP contribution is -2.32. The minimum absolute atomic E-state index is 0.0467. The molecule has 0 saturated carbocycles. The summed E-state index contributed by atoms with van der Waals surface area (Å²) in [7, 11) is -0.963. The predicted molar refractivity (Wildman–Crippen MR) is 134 cm³/mol. The van der Waals surface area contributed by atoms with Gasteiger partial charge in [0.1, 0.15) is 22.2 Å². The summed E-state index contributed by atoms with van der Waals surface area (Å²) in [6, 6.07) is 5.72. The third kappa shape index (κ3) is 6.67. The lowest BCUT2D eigenvalue weighted by molar-refractivity contribution is -0.137. The van der Waals surface area contributed by atoms with Crippen molar-refractivity contribution in [3.05, 3.63) is 82.7 Å². The van der Waals surface area contributed by atoms with Crippen LogP contribution in [-0.4, -0.2) is 55.1 Å². The molecule has 4 aromatic rings. The highest BCUT2D eigenvalue weighted by molar-refractivity contribution is 7.89. The summed E-state index contributed by atoms with van der Waals surface area (Å²) in [6.45, 7) is 0.264. The van der Waals surface area contributed by atoms with E-state index in [2.05, 4.69) is 26.6 Å². The molecule has 0 amide bonds. The van der Waals surface area contributed by atoms with E-state index in [1.54, 1.807) is 19.0 Å². The van der Waals surface area contributed by atoms with Crippen molar-refractivity contribution in [2.75, 3.05) is 27.2 Å². The van der Waals surface area contributed by atoms with E-state index < -0.39 is 56.0 Å². The zero-order valence-corrected chi connectivity index (χ0v) is 22.1. The Hall–Kier alpha value is -4.00. The highest BCUT2D eigenvalue weighted by Crippen LogP contribution is 2.32. The summed E-state index contributed by atoms with van der Waals surface area (Å²) < 4.78 is 123. The average Bonchev–Trinajstić information content (AvgIpc) is 3.29. The molecule has 2 aromatic heterocycles. The second-order valence-electron chi connectivity index (χ2n) is 8.95. The van der Waals surface area contributed by atoms with E-state index in [9.17, 15) is 39.2 Å². The van der Waals surface area contributed by atoms with Crippen molar-refractivity contribution in [2.24, 2.45) is 0 Å². The van der Waals surface area contributed by atoms with Crippen molar-refractivity contribution in [2.45, 2.75) is 17.5 Å². The Kier molecular flexibility index (Phi) is 8.39. The lowest BCUT2D eigenvalue weighted by atomic mass is 10.1. The van der Waals surface area contributed by atoms with Crippen LogP contribution < -0.4 is 4.72 Å². The predicted octanol–water partition coefficient (Wildman–Crippen LogP) is 4.87. The van der Waals surface area contributed by atoms with E-state index >= 15 is 0 Å². The molecule has 15 heteroatoms. The maximum Gasteiger partial charge on any atom is 0.416 e. The van der Waals surface area contributed by atoms with Crippen LogP contribution in [0.25, 0.3) is 16.9 Å². The van der Waals surface area contributed by atoms with Crippen LogP contribution in [0.1, 0.15) is 28.8 Å². The van der Waals surface area contributed by atoms with E-state index in [4.69, 9.17) is 0 Å². The van der Waals surface area contributed by atoms with Gasteiger partial charge in [0.15, 0.2) is 5.65 Å². The Bertz CT molecular complexity index is 1760. The Morgan fingerprint density at radius 3 is 2.27 bits per heavy atom. The van der Waals surface area contributed by atoms with Crippen molar-refractivity contribution in [1.29, 1.82) is 0 Å². The molecule has 0 aliphatic heterocycles. The fraction of sp³-hybridized carbons (Fsp3) is 0.231. The molecule has 0 fully saturated rings. The van der Waals surface area contributed by atoms with Crippen LogP contribution in [0.4, 0.5) is 30.7 Å². The lowest BCUT2D eigenvalue weighted by Gasteiger charge is -2.12. The SMILES string of the molecule is CN(C)CCNS(=O)(=O)c1cc(C#Cc2cnn3c(C(F)F)cc(-c4ccc(C(F)(F)F)cc4)nc23)c(F)cc1F. The fourth-order valence-corrected chi connectivity index (χ4v) is 4.76. The number of hydrogen-bond acceptors (Lipinski definition) is 5. The first-order valence-electron chi connectivity index (χ1n) is 11.7. The third-order valence-electron chi connectivity index (χ3n) is 5.72. The first-order valence-corrected chi connectivity index (χ1v) is 13.2. The van der Waals surface area contributed by atoms with E-state index in [1.165, 1.54) is 0 Å². The molecule has 0 atom stereocenters. The zero-order valence-electron chi connectivity index (χ0n) is 21.3. The molecule has 0 aliphatic carbocycles. The smallest absolute Gasteiger partial charge is 0.308 e. The van der Waals surface area contributed by atoms with Crippen LogP contribution in [-0.2, 0) is 16.2 Å². The molecule has 2 heterocycles. The standard InChI is InChI=1S/C26H20F7N5O2S/c1-37(2)10-9-35-41(39,40)23-11-16(19(27)12-20(23)28)3-4-17-14-34-38-22(24(29)30)13-21(36-25(17)38)15-5-7-18(8-6-15)26(31,32)33/h5-8,11-14,24,35H,9-10H2,1-2H3. The Balaban J connectivity index is 1.76. The number of aromatic nitrogens is 3. The van der Waals surface area contributed by atoms with E-state index in [0.717, 1.165) is 41.0 Å². The molecule has 0 aliphatic rings. The first-order chi connectivity index (χ1) is 19.2.